The highest BCUT2D eigenvalue weighted by molar-refractivity contribution is 6.31. The number of carbonyl (C=O) groups is 3. The number of esters is 2. The third-order valence-corrected chi connectivity index (χ3v) is 5.92. The van der Waals surface area contributed by atoms with Crippen LogP contribution in [0, 0.1) is 0 Å². The molecule has 0 atom stereocenters. The highest BCUT2D eigenvalue weighted by Gasteiger charge is 2.15. The van der Waals surface area contributed by atoms with Crippen LogP contribution in [0.15, 0.2) is 109 Å². The van der Waals surface area contributed by atoms with Crippen molar-refractivity contribution >= 4 is 47.3 Å². The minimum Gasteiger partial charge on any atom is -0.490 e. The van der Waals surface area contributed by atoms with Crippen LogP contribution in [0.1, 0.15) is 36.6 Å². The Balaban J connectivity index is 1.52. The van der Waals surface area contributed by atoms with Crippen molar-refractivity contribution in [3.8, 4) is 17.2 Å². The predicted octanol–water partition coefficient (Wildman–Crippen LogP) is 6.76. The van der Waals surface area contributed by atoms with E-state index in [9.17, 15) is 14.4 Å². The number of ether oxygens (including phenoxy) is 3. The molecule has 1 amide bonds. The van der Waals surface area contributed by atoms with Crippen LogP contribution in [-0.2, 0) is 0 Å². The molecule has 0 aliphatic carbocycles. The second kappa shape index (κ2) is 13.9. The molecule has 10 heteroatoms. The maximum Gasteiger partial charge on any atom is 0.343 e. The monoisotopic (exact) mass is 588 g/mol. The van der Waals surface area contributed by atoms with Crippen molar-refractivity contribution < 1.29 is 28.6 Å². The fraction of sp³-hybridized carbons (Fsp3) is 0.0323. The second-order valence-electron chi connectivity index (χ2n) is 8.32. The molecule has 0 aliphatic rings. The topological polar surface area (TPSA) is 103 Å². The SMILES string of the molecule is C=CCOc1ccc(C(=O)N/N=C/c2ccc(OC(=O)c3ccc(Cl)cc3)cc2OC(=O)c2ccc(Cl)cc2)cc1. The average molecular weight is 589 g/mol. The summed E-state index contributed by atoms with van der Waals surface area (Å²) in [5.74, 6) is -1.04. The van der Waals surface area contributed by atoms with Gasteiger partial charge in [0.05, 0.1) is 17.3 Å². The van der Waals surface area contributed by atoms with Gasteiger partial charge in [-0.2, -0.15) is 5.10 Å². The Hall–Kier alpha value is -4.92. The maximum absolute atomic E-state index is 12.8. The fourth-order valence-corrected chi connectivity index (χ4v) is 3.60. The number of amides is 1. The predicted molar refractivity (Wildman–Crippen MR) is 156 cm³/mol. The van der Waals surface area contributed by atoms with Gasteiger partial charge in [0.1, 0.15) is 23.9 Å². The number of nitrogens with zero attached hydrogens (tertiary/aromatic N) is 1. The Labute approximate surface area is 245 Å². The van der Waals surface area contributed by atoms with E-state index in [1.165, 1.54) is 48.7 Å². The van der Waals surface area contributed by atoms with E-state index in [2.05, 4.69) is 17.1 Å². The molecule has 0 bridgehead atoms. The smallest absolute Gasteiger partial charge is 0.343 e. The van der Waals surface area contributed by atoms with E-state index in [4.69, 9.17) is 37.4 Å². The van der Waals surface area contributed by atoms with Crippen molar-refractivity contribution in [2.24, 2.45) is 5.10 Å². The molecule has 4 rings (SSSR count). The van der Waals surface area contributed by atoms with E-state index >= 15 is 0 Å². The fourth-order valence-electron chi connectivity index (χ4n) is 3.35. The summed E-state index contributed by atoms with van der Waals surface area (Å²) in [4.78, 5) is 37.9. The van der Waals surface area contributed by atoms with Gasteiger partial charge in [0.15, 0.2) is 0 Å². The maximum atomic E-state index is 12.8. The summed E-state index contributed by atoms with van der Waals surface area (Å²) >= 11 is 11.8. The number of hydrazone groups is 1. The molecule has 4 aromatic carbocycles. The normalized spacial score (nSPS) is 10.6. The van der Waals surface area contributed by atoms with Crippen LogP contribution in [0.5, 0.6) is 17.2 Å². The van der Waals surface area contributed by atoms with Crippen molar-refractivity contribution in [1.29, 1.82) is 0 Å². The molecule has 0 aliphatic heterocycles. The summed E-state index contributed by atoms with van der Waals surface area (Å²) in [6.07, 6.45) is 2.92. The lowest BCUT2D eigenvalue weighted by atomic mass is 10.2. The molecule has 0 saturated heterocycles. The lowest BCUT2D eigenvalue weighted by Gasteiger charge is -2.11. The van der Waals surface area contributed by atoms with Crippen LogP contribution in [-0.4, -0.2) is 30.7 Å². The summed E-state index contributed by atoms with van der Waals surface area (Å²) in [6.45, 7) is 3.94. The Morgan fingerprint density at radius 1 is 0.732 bits per heavy atom. The summed E-state index contributed by atoms with van der Waals surface area (Å²) in [5.41, 5.74) is 3.63. The highest BCUT2D eigenvalue weighted by Crippen LogP contribution is 2.26. The van der Waals surface area contributed by atoms with Gasteiger partial charge in [0.2, 0.25) is 0 Å². The number of hydrogen-bond acceptors (Lipinski definition) is 7. The van der Waals surface area contributed by atoms with Crippen LogP contribution < -0.4 is 19.6 Å². The van der Waals surface area contributed by atoms with Crippen LogP contribution in [0.2, 0.25) is 10.0 Å². The van der Waals surface area contributed by atoms with Crippen molar-refractivity contribution in [2.45, 2.75) is 0 Å². The molecular weight excluding hydrogens is 567 g/mol. The van der Waals surface area contributed by atoms with Gasteiger partial charge in [-0.25, -0.2) is 15.0 Å². The van der Waals surface area contributed by atoms with Gasteiger partial charge in [0, 0.05) is 27.2 Å². The van der Waals surface area contributed by atoms with E-state index in [0.717, 1.165) is 0 Å². The Morgan fingerprint density at radius 2 is 1.27 bits per heavy atom. The number of hydrogen-bond donors (Lipinski definition) is 1. The van der Waals surface area contributed by atoms with Gasteiger partial charge < -0.3 is 14.2 Å². The van der Waals surface area contributed by atoms with E-state index in [1.807, 2.05) is 0 Å². The quantitative estimate of drug-likeness (QED) is 0.0721. The molecule has 206 valence electrons. The first-order valence-corrected chi connectivity index (χ1v) is 12.8. The summed E-state index contributed by atoms with van der Waals surface area (Å²) < 4.78 is 16.5. The molecule has 0 heterocycles. The number of carbonyl (C=O) groups excluding carboxylic acids is 3. The van der Waals surface area contributed by atoms with E-state index in [0.29, 0.717) is 33.5 Å². The zero-order valence-electron chi connectivity index (χ0n) is 21.4. The molecule has 0 unspecified atom stereocenters. The third kappa shape index (κ3) is 8.28. The van der Waals surface area contributed by atoms with Crippen molar-refractivity contribution in [1.82, 2.24) is 5.43 Å². The Kier molecular flexibility index (Phi) is 9.88. The minimum atomic E-state index is -0.680. The first-order chi connectivity index (χ1) is 19.8. The standard InChI is InChI=1S/C31H22Cl2N2O6/c1-2-17-39-26-14-7-20(8-15-26)29(36)35-34-19-23-9-16-27(40-30(37)21-3-10-24(32)11-4-21)18-28(23)41-31(38)22-5-12-25(33)13-6-22/h2-16,18-19H,1,17H2,(H,35,36)/b34-19+. The number of halogens is 2. The van der Waals surface area contributed by atoms with Crippen LogP contribution in [0.3, 0.4) is 0 Å². The molecule has 0 spiro atoms. The molecule has 0 aromatic heterocycles. The first kappa shape index (κ1) is 29.1. The lowest BCUT2D eigenvalue weighted by Crippen LogP contribution is -2.17. The first-order valence-electron chi connectivity index (χ1n) is 12.1. The van der Waals surface area contributed by atoms with Gasteiger partial charge in [-0.3, -0.25) is 4.79 Å². The molecule has 8 nitrogen and oxygen atoms in total. The lowest BCUT2D eigenvalue weighted by molar-refractivity contribution is 0.0732. The van der Waals surface area contributed by atoms with Gasteiger partial charge in [-0.05, 0) is 84.9 Å². The molecule has 4 aromatic rings. The molecule has 41 heavy (non-hydrogen) atoms. The van der Waals surface area contributed by atoms with Crippen molar-refractivity contribution in [3.63, 3.8) is 0 Å². The molecular formula is C31H22Cl2N2O6. The number of rotatable bonds is 10. The minimum absolute atomic E-state index is 0.0353. The molecule has 0 saturated carbocycles. The summed E-state index contributed by atoms with van der Waals surface area (Å²) in [7, 11) is 0. The van der Waals surface area contributed by atoms with Gasteiger partial charge in [-0.1, -0.05) is 35.9 Å². The zero-order chi connectivity index (χ0) is 29.2. The summed E-state index contributed by atoms with van der Waals surface area (Å²) in [6, 6.07) is 23.2. The van der Waals surface area contributed by atoms with Crippen molar-refractivity contribution in [3.05, 3.63) is 136 Å². The molecule has 0 radical (unpaired) electrons. The summed E-state index contributed by atoms with van der Waals surface area (Å²) in [5, 5.41) is 4.92. The van der Waals surface area contributed by atoms with E-state index < -0.39 is 17.8 Å². The van der Waals surface area contributed by atoms with E-state index in [-0.39, 0.29) is 22.6 Å². The average Bonchev–Trinajstić information content (AvgIpc) is 2.98. The van der Waals surface area contributed by atoms with Crippen molar-refractivity contribution in [2.75, 3.05) is 6.61 Å². The Morgan fingerprint density at radius 3 is 1.85 bits per heavy atom. The van der Waals surface area contributed by atoms with Crippen LogP contribution in [0.4, 0.5) is 0 Å². The van der Waals surface area contributed by atoms with Crippen LogP contribution >= 0.6 is 23.2 Å². The van der Waals surface area contributed by atoms with Gasteiger partial charge in [0.25, 0.3) is 5.91 Å². The largest absolute Gasteiger partial charge is 0.490 e. The third-order valence-electron chi connectivity index (χ3n) is 5.41. The zero-order valence-corrected chi connectivity index (χ0v) is 22.9. The molecule has 1 N–H and O–H groups in total. The Bertz CT molecular complexity index is 1580. The second-order valence-corrected chi connectivity index (χ2v) is 9.19. The van der Waals surface area contributed by atoms with Crippen LogP contribution in [0.25, 0.3) is 0 Å². The number of nitrogens with one attached hydrogen (secondary N) is 1. The van der Waals surface area contributed by atoms with Gasteiger partial charge in [-0.15, -0.1) is 0 Å². The number of benzene rings is 4. The highest BCUT2D eigenvalue weighted by atomic mass is 35.5. The van der Waals surface area contributed by atoms with E-state index in [1.54, 1.807) is 54.6 Å². The molecule has 0 fully saturated rings. The van der Waals surface area contributed by atoms with Gasteiger partial charge >= 0.3 is 11.9 Å².